The average molecular weight is 244 g/mol. The highest BCUT2D eigenvalue weighted by atomic mass is 16.3. The summed E-state index contributed by atoms with van der Waals surface area (Å²) in [4.78, 5) is 4.36. The molecular weight excluding hydrogens is 224 g/mol. The van der Waals surface area contributed by atoms with Crippen LogP contribution in [-0.4, -0.2) is 11.0 Å². The maximum atomic E-state index is 5.48. The van der Waals surface area contributed by atoms with Crippen LogP contribution in [0.3, 0.4) is 0 Å². The molecule has 1 aromatic heterocycles. The Morgan fingerprint density at radius 2 is 2.11 bits per heavy atom. The lowest BCUT2D eigenvalue weighted by molar-refractivity contribution is 0.212. The highest BCUT2D eigenvalue weighted by molar-refractivity contribution is 5.77. The number of rotatable bonds is 3. The molecule has 3 heteroatoms. The van der Waals surface area contributed by atoms with Crippen molar-refractivity contribution in [3.63, 3.8) is 0 Å². The topological polar surface area (TPSA) is 38.1 Å². The van der Waals surface area contributed by atoms with Crippen LogP contribution in [0, 0.1) is 18.8 Å². The number of hydrogen-bond acceptors (Lipinski definition) is 3. The number of fused-ring (bicyclic) bond motifs is 1. The number of anilines is 1. The Labute approximate surface area is 108 Å². The highest BCUT2D eigenvalue weighted by Gasteiger charge is 2.30. The first kappa shape index (κ1) is 11.6. The number of oxazole rings is 1. The van der Waals surface area contributed by atoms with Gasteiger partial charge in [0.1, 0.15) is 5.52 Å². The van der Waals surface area contributed by atoms with Gasteiger partial charge in [0, 0.05) is 18.7 Å². The molecule has 96 valence electrons. The lowest BCUT2D eigenvalue weighted by atomic mass is 9.73. The fraction of sp³-hybridized carbons (Fsp3) is 0.533. The molecule has 1 fully saturated rings. The molecule has 1 aliphatic carbocycles. The highest BCUT2D eigenvalue weighted by Crippen LogP contribution is 2.35. The molecule has 1 heterocycles. The lowest BCUT2D eigenvalue weighted by Crippen LogP contribution is -2.37. The molecular formula is C15H20N2O. The average Bonchev–Trinajstić information content (AvgIpc) is 2.61. The maximum absolute atomic E-state index is 5.48. The fourth-order valence-corrected chi connectivity index (χ4v) is 2.69. The van der Waals surface area contributed by atoms with Crippen molar-refractivity contribution in [1.29, 1.82) is 0 Å². The Balaban J connectivity index is 1.68. The van der Waals surface area contributed by atoms with E-state index in [4.69, 9.17) is 4.42 Å². The summed E-state index contributed by atoms with van der Waals surface area (Å²) in [6, 6.07) is 6.78. The molecule has 1 saturated carbocycles. The second kappa shape index (κ2) is 4.30. The smallest absolute Gasteiger partial charge is 0.192 e. The number of hydrogen-bond donors (Lipinski definition) is 1. The molecule has 0 amide bonds. The molecule has 1 aromatic carbocycles. The van der Waals surface area contributed by atoms with Gasteiger partial charge in [-0.05, 0) is 42.9 Å². The molecule has 3 nitrogen and oxygen atoms in total. The first-order valence-corrected chi connectivity index (χ1v) is 6.75. The van der Waals surface area contributed by atoms with E-state index in [0.29, 0.717) is 6.04 Å². The van der Waals surface area contributed by atoms with Gasteiger partial charge >= 0.3 is 0 Å². The summed E-state index contributed by atoms with van der Waals surface area (Å²) in [6.07, 6.45) is 2.57. The normalized spacial score (nSPS) is 23.3. The molecule has 0 atom stereocenters. The van der Waals surface area contributed by atoms with Crippen molar-refractivity contribution >= 4 is 16.8 Å². The van der Waals surface area contributed by atoms with E-state index in [2.05, 4.69) is 36.3 Å². The molecule has 0 saturated heterocycles. The van der Waals surface area contributed by atoms with Crippen molar-refractivity contribution in [3.8, 4) is 0 Å². The summed E-state index contributed by atoms with van der Waals surface area (Å²) >= 11 is 0. The molecule has 1 aliphatic rings. The second-order valence-corrected chi connectivity index (χ2v) is 5.73. The zero-order valence-electron chi connectivity index (χ0n) is 11.2. The van der Waals surface area contributed by atoms with Gasteiger partial charge in [-0.25, -0.2) is 4.98 Å². The van der Waals surface area contributed by atoms with E-state index < -0.39 is 0 Å². The van der Waals surface area contributed by atoms with Gasteiger partial charge in [-0.1, -0.05) is 13.8 Å². The number of aromatic nitrogens is 1. The van der Waals surface area contributed by atoms with Gasteiger partial charge in [-0.15, -0.1) is 0 Å². The van der Waals surface area contributed by atoms with E-state index >= 15 is 0 Å². The van der Waals surface area contributed by atoms with Crippen LogP contribution in [-0.2, 0) is 0 Å². The van der Waals surface area contributed by atoms with Crippen molar-refractivity contribution in [2.75, 3.05) is 5.32 Å². The number of nitrogens with one attached hydrogen (secondary N) is 1. The van der Waals surface area contributed by atoms with Crippen molar-refractivity contribution in [2.45, 2.75) is 39.7 Å². The number of aryl methyl sites for hydroxylation is 1. The van der Waals surface area contributed by atoms with Crippen LogP contribution in [0.2, 0.25) is 0 Å². The maximum Gasteiger partial charge on any atom is 0.192 e. The molecule has 0 bridgehead atoms. The van der Waals surface area contributed by atoms with Crippen LogP contribution in [0.4, 0.5) is 5.69 Å². The van der Waals surface area contributed by atoms with E-state index in [1.165, 1.54) is 12.8 Å². The van der Waals surface area contributed by atoms with Gasteiger partial charge in [0.2, 0.25) is 0 Å². The molecule has 1 N–H and O–H groups in total. The summed E-state index contributed by atoms with van der Waals surface area (Å²) < 4.78 is 5.48. The third-order valence-electron chi connectivity index (χ3n) is 3.98. The quantitative estimate of drug-likeness (QED) is 0.887. The summed E-state index contributed by atoms with van der Waals surface area (Å²) in [6.45, 7) is 6.50. The second-order valence-electron chi connectivity index (χ2n) is 5.73. The van der Waals surface area contributed by atoms with Crippen LogP contribution in [0.15, 0.2) is 22.6 Å². The van der Waals surface area contributed by atoms with Crippen molar-refractivity contribution in [2.24, 2.45) is 11.8 Å². The predicted molar refractivity (Wildman–Crippen MR) is 73.7 cm³/mol. The van der Waals surface area contributed by atoms with Crippen molar-refractivity contribution in [1.82, 2.24) is 4.98 Å². The first-order valence-electron chi connectivity index (χ1n) is 6.75. The van der Waals surface area contributed by atoms with Gasteiger partial charge in [0.15, 0.2) is 11.5 Å². The Bertz CT molecular complexity index is 553. The SMILES string of the molecule is Cc1nc2cc(NC3CC(C(C)C)C3)ccc2o1. The molecule has 3 rings (SSSR count). The van der Waals surface area contributed by atoms with Gasteiger partial charge in [-0.2, -0.15) is 0 Å². The van der Waals surface area contributed by atoms with Crippen LogP contribution >= 0.6 is 0 Å². The van der Waals surface area contributed by atoms with E-state index in [9.17, 15) is 0 Å². The third-order valence-corrected chi connectivity index (χ3v) is 3.98. The van der Waals surface area contributed by atoms with Crippen LogP contribution in [0.1, 0.15) is 32.6 Å². The van der Waals surface area contributed by atoms with Gasteiger partial charge < -0.3 is 9.73 Å². The predicted octanol–water partition coefficient (Wildman–Crippen LogP) is 3.98. The molecule has 0 radical (unpaired) electrons. The van der Waals surface area contributed by atoms with Crippen LogP contribution in [0.5, 0.6) is 0 Å². The standard InChI is InChI=1S/C15H20N2O/c1-9(2)11-6-13(7-11)17-12-4-5-15-14(8-12)16-10(3)18-15/h4-5,8-9,11,13,17H,6-7H2,1-3H3. The minimum absolute atomic E-state index is 0.628. The Morgan fingerprint density at radius 3 is 2.83 bits per heavy atom. The summed E-state index contributed by atoms with van der Waals surface area (Å²) in [7, 11) is 0. The van der Waals surface area contributed by atoms with E-state index in [1.807, 2.05) is 13.0 Å². The Kier molecular flexibility index (Phi) is 2.77. The van der Waals surface area contributed by atoms with Crippen LogP contribution < -0.4 is 5.32 Å². The van der Waals surface area contributed by atoms with E-state index in [0.717, 1.165) is 34.5 Å². The van der Waals surface area contributed by atoms with Crippen molar-refractivity contribution in [3.05, 3.63) is 24.1 Å². The zero-order chi connectivity index (χ0) is 12.7. The monoisotopic (exact) mass is 244 g/mol. The summed E-state index contributed by atoms with van der Waals surface area (Å²) in [5, 5.41) is 3.58. The van der Waals surface area contributed by atoms with Gasteiger partial charge in [-0.3, -0.25) is 0 Å². The van der Waals surface area contributed by atoms with E-state index in [1.54, 1.807) is 0 Å². The minimum atomic E-state index is 0.628. The van der Waals surface area contributed by atoms with Gasteiger partial charge in [0.05, 0.1) is 0 Å². The number of nitrogens with zero attached hydrogens (tertiary/aromatic N) is 1. The van der Waals surface area contributed by atoms with E-state index in [-0.39, 0.29) is 0 Å². The largest absolute Gasteiger partial charge is 0.441 e. The minimum Gasteiger partial charge on any atom is -0.441 e. The Hall–Kier alpha value is -1.51. The molecule has 0 aliphatic heterocycles. The van der Waals surface area contributed by atoms with Crippen molar-refractivity contribution < 1.29 is 4.42 Å². The summed E-state index contributed by atoms with van der Waals surface area (Å²) in [5.74, 6) is 2.43. The first-order chi connectivity index (χ1) is 8.61. The Morgan fingerprint density at radius 1 is 1.33 bits per heavy atom. The molecule has 2 aromatic rings. The van der Waals surface area contributed by atoms with Crippen LogP contribution in [0.25, 0.3) is 11.1 Å². The number of benzene rings is 1. The zero-order valence-corrected chi connectivity index (χ0v) is 11.2. The lowest BCUT2D eigenvalue weighted by Gasteiger charge is -2.39. The summed E-state index contributed by atoms with van der Waals surface area (Å²) in [5.41, 5.74) is 2.96. The molecule has 0 spiro atoms. The van der Waals surface area contributed by atoms with Gasteiger partial charge in [0.25, 0.3) is 0 Å². The third kappa shape index (κ3) is 2.09. The molecule has 0 unspecified atom stereocenters. The fourth-order valence-electron chi connectivity index (χ4n) is 2.69. The molecule has 18 heavy (non-hydrogen) atoms.